The summed E-state index contributed by atoms with van der Waals surface area (Å²) in [4.78, 5) is 17.1. The fourth-order valence-electron chi connectivity index (χ4n) is 1.74. The number of nitrogens with zero attached hydrogens (tertiary/aromatic N) is 3. The molecule has 1 saturated heterocycles. The van der Waals surface area contributed by atoms with Gasteiger partial charge in [-0.15, -0.1) is 0 Å². The zero-order chi connectivity index (χ0) is 11.5. The van der Waals surface area contributed by atoms with Crippen LogP contribution in [0.15, 0.2) is 12.4 Å². The van der Waals surface area contributed by atoms with Crippen molar-refractivity contribution in [3.05, 3.63) is 18.2 Å². The van der Waals surface area contributed by atoms with Gasteiger partial charge in [0.2, 0.25) is 0 Å². The Bertz CT molecular complexity index is 377. The van der Waals surface area contributed by atoms with E-state index >= 15 is 0 Å². The summed E-state index contributed by atoms with van der Waals surface area (Å²) in [6.07, 6.45) is 2.91. The van der Waals surface area contributed by atoms with Gasteiger partial charge < -0.3 is 14.4 Å². The average molecular weight is 225 g/mol. The third kappa shape index (κ3) is 2.40. The largest absolute Gasteiger partial charge is 0.479 e. The summed E-state index contributed by atoms with van der Waals surface area (Å²) < 4.78 is 7.09. The lowest BCUT2D eigenvalue weighted by Crippen LogP contribution is -2.45. The molecule has 2 rings (SSSR count). The number of aliphatic carboxylic acids is 1. The zero-order valence-electron chi connectivity index (χ0n) is 9.17. The van der Waals surface area contributed by atoms with Crippen LogP contribution in [0, 0.1) is 0 Å². The summed E-state index contributed by atoms with van der Waals surface area (Å²) >= 11 is 0. The first kappa shape index (κ1) is 11.1. The summed E-state index contributed by atoms with van der Waals surface area (Å²) in [6, 6.07) is 0. The van der Waals surface area contributed by atoms with E-state index in [0.29, 0.717) is 19.7 Å². The molecule has 1 atom stereocenters. The van der Waals surface area contributed by atoms with Crippen molar-refractivity contribution < 1.29 is 14.6 Å². The molecule has 0 radical (unpaired) electrons. The third-order valence-corrected chi connectivity index (χ3v) is 2.71. The van der Waals surface area contributed by atoms with Crippen LogP contribution in [0.2, 0.25) is 0 Å². The summed E-state index contributed by atoms with van der Waals surface area (Å²) in [6.45, 7) is 2.29. The predicted octanol–water partition coefficient (Wildman–Crippen LogP) is -0.295. The minimum Gasteiger partial charge on any atom is -0.479 e. The van der Waals surface area contributed by atoms with Gasteiger partial charge in [0.05, 0.1) is 13.2 Å². The molecule has 16 heavy (non-hydrogen) atoms. The fraction of sp³-hybridized carbons (Fsp3) is 0.600. The molecule has 6 heteroatoms. The first-order valence-corrected chi connectivity index (χ1v) is 5.20. The molecule has 1 fully saturated rings. The number of carbonyl (C=O) groups is 1. The first-order valence-electron chi connectivity index (χ1n) is 5.20. The number of hydrogen-bond donors (Lipinski definition) is 1. The van der Waals surface area contributed by atoms with Gasteiger partial charge in [-0.3, -0.25) is 4.90 Å². The number of carboxylic acids is 1. The van der Waals surface area contributed by atoms with Crippen molar-refractivity contribution in [2.75, 3.05) is 19.7 Å². The number of hydrogen-bond acceptors (Lipinski definition) is 4. The molecule has 6 nitrogen and oxygen atoms in total. The Kier molecular flexibility index (Phi) is 3.21. The molecule has 0 bridgehead atoms. The Morgan fingerprint density at radius 2 is 2.56 bits per heavy atom. The molecule has 0 spiro atoms. The predicted molar refractivity (Wildman–Crippen MR) is 55.9 cm³/mol. The normalized spacial score (nSPS) is 22.2. The third-order valence-electron chi connectivity index (χ3n) is 2.71. The molecular weight excluding hydrogens is 210 g/mol. The number of ether oxygens (including phenoxy) is 1. The number of carboxylic acid groups (broad SMARTS) is 1. The van der Waals surface area contributed by atoms with Crippen LogP contribution in [0.4, 0.5) is 0 Å². The van der Waals surface area contributed by atoms with Crippen molar-refractivity contribution in [1.82, 2.24) is 14.5 Å². The minimum absolute atomic E-state index is 0.419. The standard InChI is InChI=1S/C10H15N3O3/c1-12-3-2-11-9(12)7-13-4-5-16-8(6-13)10(14)15/h2-3,8H,4-7H2,1H3,(H,14,15). The summed E-state index contributed by atoms with van der Waals surface area (Å²) in [5.41, 5.74) is 0. The van der Waals surface area contributed by atoms with Crippen molar-refractivity contribution in [2.24, 2.45) is 7.05 Å². The molecule has 1 aliphatic heterocycles. The molecule has 1 unspecified atom stereocenters. The van der Waals surface area contributed by atoms with Crippen LogP contribution in [0.3, 0.4) is 0 Å². The molecule has 0 saturated carbocycles. The molecule has 2 heterocycles. The lowest BCUT2D eigenvalue weighted by molar-refractivity contribution is -0.156. The molecule has 1 aromatic heterocycles. The van der Waals surface area contributed by atoms with E-state index in [0.717, 1.165) is 12.4 Å². The van der Waals surface area contributed by atoms with E-state index in [4.69, 9.17) is 9.84 Å². The summed E-state index contributed by atoms with van der Waals surface area (Å²) in [7, 11) is 1.93. The van der Waals surface area contributed by atoms with Gasteiger partial charge in [-0.25, -0.2) is 9.78 Å². The second kappa shape index (κ2) is 4.63. The average Bonchev–Trinajstić information content (AvgIpc) is 2.65. The maximum Gasteiger partial charge on any atom is 0.334 e. The van der Waals surface area contributed by atoms with E-state index in [1.165, 1.54) is 0 Å². The van der Waals surface area contributed by atoms with E-state index in [9.17, 15) is 4.79 Å². The Morgan fingerprint density at radius 1 is 1.75 bits per heavy atom. The van der Waals surface area contributed by atoms with Crippen LogP contribution < -0.4 is 0 Å². The van der Waals surface area contributed by atoms with Crippen molar-refractivity contribution in [3.63, 3.8) is 0 Å². The molecule has 1 aliphatic rings. The highest BCUT2D eigenvalue weighted by Crippen LogP contribution is 2.09. The SMILES string of the molecule is Cn1ccnc1CN1CCOC(C(=O)O)C1. The Labute approximate surface area is 93.4 Å². The van der Waals surface area contributed by atoms with Gasteiger partial charge in [0.1, 0.15) is 5.82 Å². The second-order valence-corrected chi connectivity index (χ2v) is 3.89. The maximum absolute atomic E-state index is 10.8. The number of imidazole rings is 1. The van der Waals surface area contributed by atoms with Crippen LogP contribution in [-0.2, 0) is 23.1 Å². The number of rotatable bonds is 3. The molecule has 0 amide bonds. The van der Waals surface area contributed by atoms with E-state index < -0.39 is 12.1 Å². The van der Waals surface area contributed by atoms with Crippen LogP contribution in [0.1, 0.15) is 5.82 Å². The van der Waals surface area contributed by atoms with Crippen LogP contribution in [0.25, 0.3) is 0 Å². The zero-order valence-corrected chi connectivity index (χ0v) is 9.17. The highest BCUT2D eigenvalue weighted by molar-refractivity contribution is 5.72. The quantitative estimate of drug-likeness (QED) is 0.765. The van der Waals surface area contributed by atoms with Crippen LogP contribution in [0.5, 0.6) is 0 Å². The number of morpholine rings is 1. The van der Waals surface area contributed by atoms with Crippen molar-refractivity contribution >= 4 is 5.97 Å². The molecule has 0 aliphatic carbocycles. The van der Waals surface area contributed by atoms with Gasteiger partial charge >= 0.3 is 5.97 Å². The number of aromatic nitrogens is 2. The summed E-state index contributed by atoms with van der Waals surface area (Å²) in [5, 5.41) is 8.86. The van der Waals surface area contributed by atoms with Crippen LogP contribution in [-0.4, -0.2) is 51.3 Å². The van der Waals surface area contributed by atoms with Crippen molar-refractivity contribution in [1.29, 1.82) is 0 Å². The minimum atomic E-state index is -0.899. The first-order chi connectivity index (χ1) is 7.66. The Morgan fingerprint density at radius 3 is 3.19 bits per heavy atom. The van der Waals surface area contributed by atoms with E-state index in [1.807, 2.05) is 22.7 Å². The molecule has 1 N–H and O–H groups in total. The van der Waals surface area contributed by atoms with Gasteiger partial charge in [0, 0.05) is 32.5 Å². The van der Waals surface area contributed by atoms with Gasteiger partial charge in [0.15, 0.2) is 6.10 Å². The highest BCUT2D eigenvalue weighted by Gasteiger charge is 2.26. The molecule has 1 aromatic rings. The lowest BCUT2D eigenvalue weighted by Gasteiger charge is -2.30. The highest BCUT2D eigenvalue weighted by atomic mass is 16.5. The van der Waals surface area contributed by atoms with E-state index in [-0.39, 0.29) is 0 Å². The van der Waals surface area contributed by atoms with Crippen LogP contribution >= 0.6 is 0 Å². The number of aryl methyl sites for hydroxylation is 1. The second-order valence-electron chi connectivity index (χ2n) is 3.89. The van der Waals surface area contributed by atoms with Crippen molar-refractivity contribution in [3.8, 4) is 0 Å². The van der Waals surface area contributed by atoms with Gasteiger partial charge in [-0.1, -0.05) is 0 Å². The smallest absolute Gasteiger partial charge is 0.334 e. The molecule has 88 valence electrons. The van der Waals surface area contributed by atoms with E-state index in [1.54, 1.807) is 6.20 Å². The van der Waals surface area contributed by atoms with Gasteiger partial charge in [-0.05, 0) is 0 Å². The maximum atomic E-state index is 10.8. The molecule has 0 aromatic carbocycles. The van der Waals surface area contributed by atoms with E-state index in [2.05, 4.69) is 4.98 Å². The Hall–Kier alpha value is -1.40. The lowest BCUT2D eigenvalue weighted by atomic mass is 10.2. The van der Waals surface area contributed by atoms with Gasteiger partial charge in [0.25, 0.3) is 0 Å². The fourth-order valence-corrected chi connectivity index (χ4v) is 1.74. The monoisotopic (exact) mass is 225 g/mol. The Balaban J connectivity index is 1.95. The summed E-state index contributed by atoms with van der Waals surface area (Å²) in [5.74, 6) is 0.0376. The van der Waals surface area contributed by atoms with Gasteiger partial charge in [-0.2, -0.15) is 0 Å². The van der Waals surface area contributed by atoms with Crippen molar-refractivity contribution in [2.45, 2.75) is 12.6 Å². The molecular formula is C10H15N3O3. The topological polar surface area (TPSA) is 67.6 Å².